The molecule has 0 aromatic rings. The quantitative estimate of drug-likeness (QED) is 0.679. The number of carbonyl (C=O) groups excluding carboxylic acids is 1. The Hall–Kier alpha value is -0.650. The van der Waals surface area contributed by atoms with Gasteiger partial charge in [0.15, 0.2) is 0 Å². The van der Waals surface area contributed by atoms with Crippen molar-refractivity contribution in [2.24, 2.45) is 0 Å². The molecule has 1 aliphatic rings. The standard InChI is InChI=1S/C13H26N2O3/c1-4-17-13(16)12(14-2)10-15(3)9-11-7-5-6-8-18-11/h11-12,14H,4-10H2,1-3H3. The lowest BCUT2D eigenvalue weighted by Crippen LogP contribution is -2.46. The molecule has 1 rings (SSSR count). The van der Waals surface area contributed by atoms with Crippen LogP contribution in [0.25, 0.3) is 0 Å². The summed E-state index contributed by atoms with van der Waals surface area (Å²) >= 11 is 0. The Labute approximate surface area is 110 Å². The molecule has 1 heterocycles. The number of rotatable bonds is 7. The summed E-state index contributed by atoms with van der Waals surface area (Å²) < 4.78 is 10.7. The maximum Gasteiger partial charge on any atom is 0.324 e. The van der Waals surface area contributed by atoms with E-state index in [-0.39, 0.29) is 12.0 Å². The Morgan fingerprint density at radius 1 is 1.56 bits per heavy atom. The minimum absolute atomic E-state index is 0.184. The summed E-state index contributed by atoms with van der Waals surface area (Å²) in [6, 6.07) is -0.265. The molecule has 1 aliphatic heterocycles. The van der Waals surface area contributed by atoms with E-state index in [1.165, 1.54) is 12.8 Å². The van der Waals surface area contributed by atoms with Crippen molar-refractivity contribution in [2.75, 3.05) is 40.4 Å². The lowest BCUT2D eigenvalue weighted by Gasteiger charge is -2.29. The molecule has 106 valence electrons. The Balaban J connectivity index is 2.31. The highest BCUT2D eigenvalue weighted by molar-refractivity contribution is 5.76. The summed E-state index contributed by atoms with van der Waals surface area (Å²) in [5, 5.41) is 3.00. The lowest BCUT2D eigenvalue weighted by molar-refractivity contribution is -0.146. The van der Waals surface area contributed by atoms with Crippen LogP contribution in [0.2, 0.25) is 0 Å². The maximum absolute atomic E-state index is 11.7. The van der Waals surface area contributed by atoms with Gasteiger partial charge in [-0.15, -0.1) is 0 Å². The molecule has 1 fully saturated rings. The van der Waals surface area contributed by atoms with Crippen molar-refractivity contribution < 1.29 is 14.3 Å². The second-order valence-electron chi connectivity index (χ2n) is 4.80. The van der Waals surface area contributed by atoms with Crippen LogP contribution in [0, 0.1) is 0 Å². The van der Waals surface area contributed by atoms with Gasteiger partial charge in [-0.3, -0.25) is 4.79 Å². The summed E-state index contributed by atoms with van der Waals surface area (Å²) in [6.07, 6.45) is 3.84. The van der Waals surface area contributed by atoms with E-state index in [9.17, 15) is 4.79 Å². The number of carbonyl (C=O) groups is 1. The smallest absolute Gasteiger partial charge is 0.324 e. The normalized spacial score (nSPS) is 21.9. The van der Waals surface area contributed by atoms with Crippen LogP contribution >= 0.6 is 0 Å². The zero-order chi connectivity index (χ0) is 13.4. The first kappa shape index (κ1) is 15.4. The van der Waals surface area contributed by atoms with E-state index in [1.807, 2.05) is 14.0 Å². The van der Waals surface area contributed by atoms with Gasteiger partial charge >= 0.3 is 5.97 Å². The number of likely N-dealkylation sites (N-methyl/N-ethyl adjacent to an activating group) is 2. The second kappa shape index (κ2) is 8.45. The Bertz CT molecular complexity index is 242. The van der Waals surface area contributed by atoms with Gasteiger partial charge in [0.25, 0.3) is 0 Å². The molecule has 1 saturated heterocycles. The number of nitrogens with zero attached hydrogens (tertiary/aromatic N) is 1. The van der Waals surface area contributed by atoms with Gasteiger partial charge in [-0.1, -0.05) is 0 Å². The highest BCUT2D eigenvalue weighted by atomic mass is 16.5. The Kier molecular flexibility index (Phi) is 7.23. The summed E-state index contributed by atoms with van der Waals surface area (Å²) in [7, 11) is 3.80. The summed E-state index contributed by atoms with van der Waals surface area (Å²) in [4.78, 5) is 13.8. The second-order valence-corrected chi connectivity index (χ2v) is 4.80. The summed E-state index contributed by atoms with van der Waals surface area (Å²) in [6.45, 7) is 4.63. The van der Waals surface area contributed by atoms with E-state index in [0.29, 0.717) is 19.3 Å². The fourth-order valence-corrected chi connectivity index (χ4v) is 2.21. The largest absolute Gasteiger partial charge is 0.465 e. The highest BCUT2D eigenvalue weighted by Gasteiger charge is 2.22. The first-order valence-corrected chi connectivity index (χ1v) is 6.81. The molecule has 2 atom stereocenters. The van der Waals surface area contributed by atoms with E-state index in [4.69, 9.17) is 9.47 Å². The van der Waals surface area contributed by atoms with Gasteiger partial charge in [-0.05, 0) is 40.3 Å². The lowest BCUT2D eigenvalue weighted by atomic mass is 10.1. The highest BCUT2D eigenvalue weighted by Crippen LogP contribution is 2.13. The third-order valence-corrected chi connectivity index (χ3v) is 3.20. The number of esters is 1. The van der Waals surface area contributed by atoms with Crippen LogP contribution in [-0.4, -0.2) is 63.4 Å². The molecule has 1 N–H and O–H groups in total. The van der Waals surface area contributed by atoms with E-state index in [0.717, 1.165) is 19.6 Å². The van der Waals surface area contributed by atoms with Crippen LogP contribution in [0.15, 0.2) is 0 Å². The molecule has 0 aromatic carbocycles. The number of hydrogen-bond donors (Lipinski definition) is 1. The van der Waals surface area contributed by atoms with Crippen molar-refractivity contribution in [1.82, 2.24) is 10.2 Å². The minimum atomic E-state index is -0.265. The Morgan fingerprint density at radius 2 is 2.33 bits per heavy atom. The van der Waals surface area contributed by atoms with E-state index in [1.54, 1.807) is 7.05 Å². The number of ether oxygens (including phenoxy) is 2. The molecule has 0 bridgehead atoms. The Morgan fingerprint density at radius 3 is 2.89 bits per heavy atom. The topological polar surface area (TPSA) is 50.8 Å². The molecular weight excluding hydrogens is 232 g/mol. The van der Waals surface area contributed by atoms with Crippen molar-refractivity contribution in [3.05, 3.63) is 0 Å². The minimum Gasteiger partial charge on any atom is -0.465 e. The molecule has 0 amide bonds. The average Bonchev–Trinajstić information content (AvgIpc) is 2.37. The summed E-state index contributed by atoms with van der Waals surface area (Å²) in [5.41, 5.74) is 0. The van der Waals surface area contributed by atoms with Gasteiger partial charge < -0.3 is 19.7 Å². The van der Waals surface area contributed by atoms with Crippen molar-refractivity contribution in [1.29, 1.82) is 0 Å². The molecule has 2 unspecified atom stereocenters. The predicted molar refractivity (Wildman–Crippen MR) is 70.6 cm³/mol. The monoisotopic (exact) mass is 258 g/mol. The molecule has 5 nitrogen and oxygen atoms in total. The van der Waals surface area contributed by atoms with Crippen molar-refractivity contribution in [2.45, 2.75) is 38.3 Å². The number of hydrogen-bond acceptors (Lipinski definition) is 5. The zero-order valence-electron chi connectivity index (χ0n) is 11.8. The molecule has 0 saturated carbocycles. The van der Waals surface area contributed by atoms with Gasteiger partial charge in [0.05, 0.1) is 12.7 Å². The third kappa shape index (κ3) is 5.33. The van der Waals surface area contributed by atoms with Crippen LogP contribution in [0.1, 0.15) is 26.2 Å². The van der Waals surface area contributed by atoms with Crippen LogP contribution in [0.3, 0.4) is 0 Å². The van der Waals surface area contributed by atoms with Gasteiger partial charge in [0.2, 0.25) is 0 Å². The summed E-state index contributed by atoms with van der Waals surface area (Å²) in [5.74, 6) is -0.184. The van der Waals surface area contributed by atoms with Crippen molar-refractivity contribution >= 4 is 5.97 Å². The van der Waals surface area contributed by atoms with Crippen LogP contribution in [-0.2, 0) is 14.3 Å². The van der Waals surface area contributed by atoms with Gasteiger partial charge in [0, 0.05) is 19.7 Å². The molecule has 0 radical (unpaired) electrons. The fourth-order valence-electron chi connectivity index (χ4n) is 2.21. The first-order chi connectivity index (χ1) is 8.67. The van der Waals surface area contributed by atoms with Crippen LogP contribution in [0.4, 0.5) is 0 Å². The van der Waals surface area contributed by atoms with Gasteiger partial charge in [-0.2, -0.15) is 0 Å². The van der Waals surface area contributed by atoms with Crippen molar-refractivity contribution in [3.63, 3.8) is 0 Å². The van der Waals surface area contributed by atoms with Crippen LogP contribution in [0.5, 0.6) is 0 Å². The van der Waals surface area contributed by atoms with E-state index < -0.39 is 0 Å². The molecule has 0 spiro atoms. The average molecular weight is 258 g/mol. The van der Waals surface area contributed by atoms with Crippen LogP contribution < -0.4 is 5.32 Å². The molecule has 5 heteroatoms. The maximum atomic E-state index is 11.7. The molecule has 0 aromatic heterocycles. The third-order valence-electron chi connectivity index (χ3n) is 3.20. The SMILES string of the molecule is CCOC(=O)C(CN(C)CC1CCCCO1)NC. The molecule has 18 heavy (non-hydrogen) atoms. The predicted octanol–water partition coefficient (Wildman–Crippen LogP) is 0.638. The van der Waals surface area contributed by atoms with Gasteiger partial charge in [0.1, 0.15) is 6.04 Å². The fraction of sp³-hybridized carbons (Fsp3) is 0.923. The molecule has 0 aliphatic carbocycles. The van der Waals surface area contributed by atoms with Gasteiger partial charge in [-0.25, -0.2) is 0 Å². The van der Waals surface area contributed by atoms with Crippen molar-refractivity contribution in [3.8, 4) is 0 Å². The first-order valence-electron chi connectivity index (χ1n) is 6.81. The van der Waals surface area contributed by atoms with E-state index in [2.05, 4.69) is 10.2 Å². The van der Waals surface area contributed by atoms with E-state index >= 15 is 0 Å². The molecular formula is C13H26N2O3. The number of nitrogens with one attached hydrogen (secondary N) is 1. The zero-order valence-corrected chi connectivity index (χ0v) is 11.8.